The Hall–Kier alpha value is -1.99. The van der Waals surface area contributed by atoms with Gasteiger partial charge in [-0.15, -0.1) is 0 Å². The van der Waals surface area contributed by atoms with E-state index in [1.54, 1.807) is 7.05 Å². The lowest BCUT2D eigenvalue weighted by Crippen LogP contribution is -2.52. The van der Waals surface area contributed by atoms with Gasteiger partial charge in [-0.25, -0.2) is 4.79 Å². The third-order valence-electron chi connectivity index (χ3n) is 5.85. The monoisotopic (exact) mass is 437 g/mol. The molecule has 2 amide bonds. The Labute approximate surface area is 188 Å². The first-order valence-electron chi connectivity index (χ1n) is 11.9. The number of amides is 2. The summed E-state index contributed by atoms with van der Waals surface area (Å²) in [4.78, 5) is 33.4. The number of carbonyl (C=O) groups excluding carboxylic acids is 2. The molecule has 0 radical (unpaired) electrons. The van der Waals surface area contributed by atoms with Crippen molar-refractivity contribution in [3.05, 3.63) is 0 Å². The number of ether oxygens (including phenoxy) is 1. The van der Waals surface area contributed by atoms with Crippen LogP contribution in [0.5, 0.6) is 0 Å². The Morgan fingerprint density at radius 2 is 1.84 bits per heavy atom. The molecule has 2 rings (SSSR count). The van der Waals surface area contributed by atoms with E-state index in [0.29, 0.717) is 18.9 Å². The van der Waals surface area contributed by atoms with E-state index in [-0.39, 0.29) is 24.1 Å². The fourth-order valence-corrected chi connectivity index (χ4v) is 3.73. The minimum Gasteiger partial charge on any atom is -0.444 e. The summed E-state index contributed by atoms with van der Waals surface area (Å²) in [6, 6.07) is 0.403. The van der Waals surface area contributed by atoms with Crippen molar-refractivity contribution in [3.8, 4) is 0 Å². The van der Waals surface area contributed by atoms with Crippen molar-refractivity contribution >= 4 is 18.0 Å². The molecule has 0 aromatic carbocycles. The summed E-state index contributed by atoms with van der Waals surface area (Å²) in [6.45, 7) is 12.8. The second kappa shape index (κ2) is 11.6. The molecule has 8 nitrogen and oxygen atoms in total. The lowest BCUT2D eigenvalue weighted by Gasteiger charge is -2.40. The van der Waals surface area contributed by atoms with Crippen molar-refractivity contribution in [1.29, 1.82) is 0 Å². The minimum absolute atomic E-state index is 0.0593. The van der Waals surface area contributed by atoms with Crippen LogP contribution in [0.15, 0.2) is 4.99 Å². The van der Waals surface area contributed by atoms with Crippen LogP contribution >= 0.6 is 0 Å². The number of likely N-dealkylation sites (tertiary alicyclic amines) is 1. The van der Waals surface area contributed by atoms with Crippen LogP contribution in [0.25, 0.3) is 0 Å². The lowest BCUT2D eigenvalue weighted by atomic mass is 10.0. The van der Waals surface area contributed by atoms with Crippen molar-refractivity contribution in [2.45, 2.75) is 90.8 Å². The number of nitrogens with one attached hydrogen (secondary N) is 2. The zero-order valence-corrected chi connectivity index (χ0v) is 20.4. The fourth-order valence-electron chi connectivity index (χ4n) is 3.73. The van der Waals surface area contributed by atoms with Crippen LogP contribution in [0.3, 0.4) is 0 Å². The first kappa shape index (κ1) is 25.3. The Morgan fingerprint density at radius 3 is 2.35 bits per heavy atom. The van der Waals surface area contributed by atoms with Crippen LogP contribution in [0.4, 0.5) is 4.79 Å². The Bertz CT molecular complexity index is 619. The standard InChI is InChI=1S/C23H43N5O3/c1-7-17(2)26-20(29)10-13-25-21(24-6)27-14-11-19(12-15-27)28(16-18-8-9-18)22(30)31-23(3,4)5/h17-19H,7-16H2,1-6H3,(H,24,25)(H,26,29). The maximum Gasteiger partial charge on any atom is 0.410 e. The first-order valence-corrected chi connectivity index (χ1v) is 11.9. The average molecular weight is 438 g/mol. The van der Waals surface area contributed by atoms with Crippen LogP contribution in [0, 0.1) is 5.92 Å². The number of rotatable bonds is 8. The topological polar surface area (TPSA) is 86.3 Å². The number of carbonyl (C=O) groups is 2. The second-order valence-corrected chi connectivity index (χ2v) is 9.90. The lowest BCUT2D eigenvalue weighted by molar-refractivity contribution is -0.121. The number of aliphatic imine (C=N–C) groups is 1. The number of guanidine groups is 1. The van der Waals surface area contributed by atoms with Gasteiger partial charge in [0.15, 0.2) is 5.96 Å². The van der Waals surface area contributed by atoms with Crippen molar-refractivity contribution < 1.29 is 14.3 Å². The van der Waals surface area contributed by atoms with E-state index in [1.807, 2.05) is 32.6 Å². The molecule has 1 unspecified atom stereocenters. The van der Waals surface area contributed by atoms with Crippen molar-refractivity contribution in [2.24, 2.45) is 10.9 Å². The van der Waals surface area contributed by atoms with Crippen molar-refractivity contribution in [1.82, 2.24) is 20.4 Å². The summed E-state index contributed by atoms with van der Waals surface area (Å²) in [5.74, 6) is 1.51. The van der Waals surface area contributed by atoms with E-state index >= 15 is 0 Å². The molecular weight excluding hydrogens is 394 g/mol. The van der Waals surface area contributed by atoms with Crippen LogP contribution in [-0.2, 0) is 9.53 Å². The van der Waals surface area contributed by atoms with Gasteiger partial charge in [-0.05, 0) is 65.7 Å². The summed E-state index contributed by atoms with van der Waals surface area (Å²) in [7, 11) is 1.77. The highest BCUT2D eigenvalue weighted by molar-refractivity contribution is 5.81. The van der Waals surface area contributed by atoms with Gasteiger partial charge >= 0.3 is 6.09 Å². The van der Waals surface area contributed by atoms with E-state index in [9.17, 15) is 9.59 Å². The molecule has 0 spiro atoms. The largest absolute Gasteiger partial charge is 0.444 e. The summed E-state index contributed by atoms with van der Waals surface area (Å²) in [5, 5.41) is 6.30. The molecule has 2 fully saturated rings. The van der Waals surface area contributed by atoms with Crippen LogP contribution in [0.2, 0.25) is 0 Å². The highest BCUT2D eigenvalue weighted by Crippen LogP contribution is 2.32. The summed E-state index contributed by atoms with van der Waals surface area (Å²) in [5.41, 5.74) is -0.479. The molecule has 0 aromatic heterocycles. The maximum absolute atomic E-state index is 12.8. The number of piperidine rings is 1. The average Bonchev–Trinajstić information content (AvgIpc) is 3.52. The fraction of sp³-hybridized carbons (Fsp3) is 0.870. The third kappa shape index (κ3) is 8.95. The highest BCUT2D eigenvalue weighted by atomic mass is 16.6. The van der Waals surface area contributed by atoms with Gasteiger partial charge in [0.05, 0.1) is 0 Å². The number of nitrogens with zero attached hydrogens (tertiary/aromatic N) is 3. The Kier molecular flexibility index (Phi) is 9.44. The van der Waals surface area contributed by atoms with Crippen LogP contribution in [0.1, 0.15) is 73.1 Å². The first-order chi connectivity index (χ1) is 14.6. The van der Waals surface area contributed by atoms with Crippen molar-refractivity contribution in [2.75, 3.05) is 33.2 Å². The molecular formula is C23H43N5O3. The normalized spacial score (nSPS) is 19.0. The van der Waals surface area contributed by atoms with Crippen molar-refractivity contribution in [3.63, 3.8) is 0 Å². The van der Waals surface area contributed by atoms with E-state index in [4.69, 9.17) is 4.74 Å². The van der Waals surface area contributed by atoms with E-state index in [1.165, 1.54) is 12.8 Å². The molecule has 1 heterocycles. The molecule has 1 atom stereocenters. The molecule has 2 N–H and O–H groups in total. The summed E-state index contributed by atoms with van der Waals surface area (Å²) < 4.78 is 5.69. The zero-order chi connectivity index (χ0) is 23.0. The molecule has 178 valence electrons. The smallest absolute Gasteiger partial charge is 0.410 e. The maximum atomic E-state index is 12.8. The second-order valence-electron chi connectivity index (χ2n) is 9.90. The molecule has 1 saturated heterocycles. The summed E-state index contributed by atoms with van der Waals surface area (Å²) >= 11 is 0. The quantitative estimate of drug-likeness (QED) is 0.450. The van der Waals surface area contributed by atoms with Gasteiger partial charge in [0.25, 0.3) is 0 Å². The Morgan fingerprint density at radius 1 is 1.19 bits per heavy atom. The molecule has 8 heteroatoms. The number of hydrogen-bond acceptors (Lipinski definition) is 4. The number of hydrogen-bond donors (Lipinski definition) is 2. The van der Waals surface area contributed by atoms with Crippen LogP contribution < -0.4 is 10.6 Å². The summed E-state index contributed by atoms with van der Waals surface area (Å²) in [6.07, 6.45) is 5.36. The molecule has 2 aliphatic rings. The van der Waals surface area contributed by atoms with Gasteiger partial charge in [-0.2, -0.15) is 0 Å². The third-order valence-corrected chi connectivity index (χ3v) is 5.85. The van der Waals surface area contributed by atoms with Gasteiger partial charge in [-0.3, -0.25) is 9.79 Å². The molecule has 1 aliphatic carbocycles. The minimum atomic E-state index is -0.479. The zero-order valence-electron chi connectivity index (χ0n) is 20.4. The van der Waals surface area contributed by atoms with Gasteiger partial charge in [0.2, 0.25) is 5.91 Å². The van der Waals surface area contributed by atoms with E-state index in [2.05, 4.69) is 27.4 Å². The SMILES string of the molecule is CCC(C)NC(=O)CCNC(=NC)N1CCC(N(CC2CC2)C(=O)OC(C)(C)C)CC1. The molecule has 1 saturated carbocycles. The molecule has 0 aromatic rings. The molecule has 1 aliphatic heterocycles. The van der Waals surface area contributed by atoms with Gasteiger partial charge in [0, 0.05) is 51.7 Å². The van der Waals surface area contributed by atoms with Gasteiger partial charge in [-0.1, -0.05) is 6.92 Å². The van der Waals surface area contributed by atoms with E-state index < -0.39 is 5.60 Å². The Balaban J connectivity index is 1.82. The van der Waals surface area contributed by atoms with Gasteiger partial charge in [0.1, 0.15) is 5.60 Å². The van der Waals surface area contributed by atoms with Gasteiger partial charge < -0.3 is 25.2 Å². The molecule has 31 heavy (non-hydrogen) atoms. The predicted octanol–water partition coefficient (Wildman–Crippen LogP) is 2.98. The predicted molar refractivity (Wildman–Crippen MR) is 124 cm³/mol. The van der Waals surface area contributed by atoms with E-state index in [0.717, 1.165) is 44.9 Å². The van der Waals surface area contributed by atoms with Crippen LogP contribution in [-0.4, -0.2) is 78.7 Å². The molecule has 0 bridgehead atoms. The highest BCUT2D eigenvalue weighted by Gasteiger charge is 2.35.